The highest BCUT2D eigenvalue weighted by Gasteiger charge is 2.33. The van der Waals surface area contributed by atoms with Crippen LogP contribution in [0.3, 0.4) is 0 Å². The third-order valence-corrected chi connectivity index (χ3v) is 4.10. The molecule has 0 amide bonds. The largest absolute Gasteiger partial charge is 0.489 e. The number of hydrogen-bond acceptors (Lipinski definition) is 2. The third kappa shape index (κ3) is 3.85. The molecule has 2 aromatic carbocycles. The van der Waals surface area contributed by atoms with Crippen molar-refractivity contribution in [1.29, 1.82) is 0 Å². The van der Waals surface area contributed by atoms with Crippen LogP contribution in [0.4, 0.5) is 0 Å². The van der Waals surface area contributed by atoms with Crippen LogP contribution >= 0.6 is 0 Å². The lowest BCUT2D eigenvalue weighted by Gasteiger charge is -2.10. The van der Waals surface area contributed by atoms with Crippen LogP contribution in [0.5, 0.6) is 5.75 Å². The van der Waals surface area contributed by atoms with E-state index in [-0.39, 0.29) is 0 Å². The second-order valence-electron chi connectivity index (χ2n) is 5.78. The minimum Gasteiger partial charge on any atom is -0.489 e. The molecule has 0 bridgehead atoms. The summed E-state index contributed by atoms with van der Waals surface area (Å²) in [5.41, 5.74) is 3.89. The van der Waals surface area contributed by atoms with Crippen molar-refractivity contribution < 1.29 is 9.47 Å². The van der Waals surface area contributed by atoms with E-state index >= 15 is 0 Å². The Morgan fingerprint density at radius 3 is 2.52 bits per heavy atom. The number of rotatable bonds is 6. The summed E-state index contributed by atoms with van der Waals surface area (Å²) in [5, 5.41) is 0. The molecule has 0 aliphatic carbocycles. The highest BCUT2D eigenvalue weighted by atomic mass is 16.6. The molecule has 1 fully saturated rings. The van der Waals surface area contributed by atoms with Gasteiger partial charge < -0.3 is 9.47 Å². The van der Waals surface area contributed by atoms with Gasteiger partial charge in [-0.05, 0) is 55.5 Å². The average molecular weight is 282 g/mol. The van der Waals surface area contributed by atoms with Gasteiger partial charge in [0.05, 0.1) is 12.2 Å². The molecule has 2 atom stereocenters. The zero-order valence-electron chi connectivity index (χ0n) is 12.7. The normalized spacial score (nSPS) is 20.3. The quantitative estimate of drug-likeness (QED) is 0.737. The standard InChI is InChI=1S/C19H22O2/c1-14-12-18(20-13-16-6-4-3-5-7-16)10-8-17(14)9-11-19-15(2)21-19/h3-8,10,12,15,19H,9,11,13H2,1-2H3. The first-order valence-electron chi connectivity index (χ1n) is 7.64. The first-order chi connectivity index (χ1) is 10.2. The monoisotopic (exact) mass is 282 g/mol. The second-order valence-corrected chi connectivity index (χ2v) is 5.78. The lowest BCUT2D eigenvalue weighted by molar-refractivity contribution is 0.306. The van der Waals surface area contributed by atoms with Crippen LogP contribution in [0.1, 0.15) is 30.0 Å². The van der Waals surface area contributed by atoms with Crippen LogP contribution in [0, 0.1) is 6.92 Å². The summed E-state index contributed by atoms with van der Waals surface area (Å²) in [7, 11) is 0. The summed E-state index contributed by atoms with van der Waals surface area (Å²) in [6.45, 7) is 4.91. The minimum atomic E-state index is 0.457. The molecule has 2 heteroatoms. The van der Waals surface area contributed by atoms with E-state index in [2.05, 4.69) is 44.2 Å². The fourth-order valence-electron chi connectivity index (χ4n) is 2.61. The van der Waals surface area contributed by atoms with Crippen LogP contribution in [0.2, 0.25) is 0 Å². The Kier molecular flexibility index (Phi) is 4.26. The molecule has 2 aromatic rings. The maximum Gasteiger partial charge on any atom is 0.120 e. The summed E-state index contributed by atoms with van der Waals surface area (Å²) in [6, 6.07) is 16.6. The molecule has 0 saturated carbocycles. The van der Waals surface area contributed by atoms with E-state index in [0.29, 0.717) is 18.8 Å². The van der Waals surface area contributed by atoms with Gasteiger partial charge >= 0.3 is 0 Å². The Morgan fingerprint density at radius 1 is 1.10 bits per heavy atom. The van der Waals surface area contributed by atoms with Gasteiger partial charge in [-0.3, -0.25) is 0 Å². The fourth-order valence-corrected chi connectivity index (χ4v) is 2.61. The smallest absolute Gasteiger partial charge is 0.120 e. The maximum atomic E-state index is 5.86. The fraction of sp³-hybridized carbons (Fsp3) is 0.368. The molecule has 21 heavy (non-hydrogen) atoms. The van der Waals surface area contributed by atoms with Crippen LogP contribution < -0.4 is 4.74 Å². The third-order valence-electron chi connectivity index (χ3n) is 4.10. The van der Waals surface area contributed by atoms with E-state index in [1.807, 2.05) is 18.2 Å². The van der Waals surface area contributed by atoms with E-state index in [4.69, 9.17) is 9.47 Å². The molecular weight excluding hydrogens is 260 g/mol. The summed E-state index contributed by atoms with van der Waals surface area (Å²) in [6.07, 6.45) is 3.13. The molecule has 1 heterocycles. The highest BCUT2D eigenvalue weighted by Crippen LogP contribution is 2.27. The molecule has 2 unspecified atom stereocenters. The van der Waals surface area contributed by atoms with Crippen molar-refractivity contribution in [2.45, 2.75) is 45.5 Å². The molecule has 1 saturated heterocycles. The first kappa shape index (κ1) is 14.2. The Morgan fingerprint density at radius 2 is 1.86 bits per heavy atom. The van der Waals surface area contributed by atoms with Crippen molar-refractivity contribution in [2.75, 3.05) is 0 Å². The van der Waals surface area contributed by atoms with Gasteiger partial charge in [0.1, 0.15) is 12.4 Å². The zero-order chi connectivity index (χ0) is 14.7. The predicted octanol–water partition coefficient (Wildman–Crippen LogP) is 4.29. The molecule has 0 aromatic heterocycles. The van der Waals surface area contributed by atoms with Crippen LogP contribution in [-0.4, -0.2) is 12.2 Å². The molecule has 0 radical (unpaired) electrons. The molecule has 1 aliphatic rings. The number of epoxide rings is 1. The Balaban J connectivity index is 1.56. The topological polar surface area (TPSA) is 21.8 Å². The van der Waals surface area contributed by atoms with Crippen molar-refractivity contribution >= 4 is 0 Å². The molecule has 2 nitrogen and oxygen atoms in total. The summed E-state index contributed by atoms with van der Waals surface area (Å²) in [4.78, 5) is 0. The van der Waals surface area contributed by atoms with Crippen molar-refractivity contribution in [3.63, 3.8) is 0 Å². The van der Waals surface area contributed by atoms with Gasteiger partial charge in [-0.25, -0.2) is 0 Å². The van der Waals surface area contributed by atoms with Gasteiger partial charge in [0.15, 0.2) is 0 Å². The van der Waals surface area contributed by atoms with Crippen LogP contribution in [0.25, 0.3) is 0 Å². The SMILES string of the molecule is Cc1cc(OCc2ccccc2)ccc1CCC1OC1C. The van der Waals surface area contributed by atoms with E-state index in [1.54, 1.807) is 0 Å². The molecule has 1 aliphatic heterocycles. The van der Waals surface area contributed by atoms with Crippen molar-refractivity contribution in [3.8, 4) is 5.75 Å². The van der Waals surface area contributed by atoms with Gasteiger partial charge in [0.25, 0.3) is 0 Å². The number of hydrogen-bond donors (Lipinski definition) is 0. The first-order valence-corrected chi connectivity index (χ1v) is 7.64. The van der Waals surface area contributed by atoms with Crippen molar-refractivity contribution in [1.82, 2.24) is 0 Å². The van der Waals surface area contributed by atoms with Gasteiger partial charge in [-0.1, -0.05) is 36.4 Å². The number of benzene rings is 2. The lowest BCUT2D eigenvalue weighted by Crippen LogP contribution is -1.98. The van der Waals surface area contributed by atoms with Crippen molar-refractivity contribution in [2.24, 2.45) is 0 Å². The highest BCUT2D eigenvalue weighted by molar-refractivity contribution is 5.35. The molecular formula is C19H22O2. The van der Waals surface area contributed by atoms with Gasteiger partial charge in [0, 0.05) is 0 Å². The predicted molar refractivity (Wildman–Crippen MR) is 84.6 cm³/mol. The zero-order valence-corrected chi connectivity index (χ0v) is 12.7. The Bertz CT molecular complexity index is 592. The van der Waals surface area contributed by atoms with E-state index in [0.717, 1.165) is 18.6 Å². The van der Waals surface area contributed by atoms with Gasteiger partial charge in [0.2, 0.25) is 0 Å². The molecule has 0 spiro atoms. The maximum absolute atomic E-state index is 5.86. The van der Waals surface area contributed by atoms with Crippen LogP contribution in [0.15, 0.2) is 48.5 Å². The summed E-state index contributed by atoms with van der Waals surface area (Å²) in [5.74, 6) is 0.941. The number of aryl methyl sites for hydroxylation is 2. The summed E-state index contributed by atoms with van der Waals surface area (Å²) >= 11 is 0. The van der Waals surface area contributed by atoms with E-state index < -0.39 is 0 Å². The minimum absolute atomic E-state index is 0.457. The second kappa shape index (κ2) is 6.31. The molecule has 110 valence electrons. The average Bonchev–Trinajstić information content (AvgIpc) is 3.21. The van der Waals surface area contributed by atoms with E-state index in [9.17, 15) is 0 Å². The molecule has 3 rings (SSSR count). The van der Waals surface area contributed by atoms with Crippen LogP contribution in [-0.2, 0) is 17.8 Å². The lowest BCUT2D eigenvalue weighted by atomic mass is 10.0. The van der Waals surface area contributed by atoms with Gasteiger partial charge in [-0.2, -0.15) is 0 Å². The Hall–Kier alpha value is -1.80. The number of ether oxygens (including phenoxy) is 2. The Labute approximate surface area is 126 Å². The van der Waals surface area contributed by atoms with Gasteiger partial charge in [-0.15, -0.1) is 0 Å². The summed E-state index contributed by atoms with van der Waals surface area (Å²) < 4.78 is 11.3. The molecule has 0 N–H and O–H groups in total. The van der Waals surface area contributed by atoms with E-state index in [1.165, 1.54) is 16.7 Å². The van der Waals surface area contributed by atoms with Crippen molar-refractivity contribution in [3.05, 3.63) is 65.2 Å².